The van der Waals surface area contributed by atoms with E-state index in [0.717, 1.165) is 10.9 Å². The number of carbonyl (C=O) groups excluding carboxylic acids is 1. The van der Waals surface area contributed by atoms with E-state index in [9.17, 15) is 18.0 Å². The molecule has 1 amide bonds. The Bertz CT molecular complexity index is 1050. The Balaban J connectivity index is 1.84. The van der Waals surface area contributed by atoms with Crippen molar-refractivity contribution in [1.82, 2.24) is 15.1 Å². The molecule has 2 aromatic carbocycles. The number of hydrogen-bond donors (Lipinski definition) is 1. The second-order valence-corrected chi connectivity index (χ2v) is 6.02. The summed E-state index contributed by atoms with van der Waals surface area (Å²) in [5.74, 6) is -0.362. The van der Waals surface area contributed by atoms with Crippen LogP contribution in [0.25, 0.3) is 5.69 Å². The van der Waals surface area contributed by atoms with E-state index >= 15 is 0 Å². The van der Waals surface area contributed by atoms with Crippen LogP contribution in [0.5, 0.6) is 5.75 Å². The number of rotatable bonds is 5. The van der Waals surface area contributed by atoms with Crippen LogP contribution in [-0.2, 0) is 12.7 Å². The van der Waals surface area contributed by atoms with E-state index in [4.69, 9.17) is 10.00 Å². The van der Waals surface area contributed by atoms with Gasteiger partial charge in [-0.2, -0.15) is 23.5 Å². The van der Waals surface area contributed by atoms with Crippen molar-refractivity contribution in [3.8, 4) is 17.5 Å². The average Bonchev–Trinajstić information content (AvgIpc) is 3.18. The third kappa shape index (κ3) is 4.55. The maximum absolute atomic E-state index is 13.4. The van der Waals surface area contributed by atoms with Crippen molar-refractivity contribution < 1.29 is 22.7 Å². The summed E-state index contributed by atoms with van der Waals surface area (Å²) in [7, 11) is 1.47. The summed E-state index contributed by atoms with van der Waals surface area (Å²) in [6, 6.07) is 14.5. The predicted octanol–water partition coefficient (Wildman–Crippen LogP) is 3.70. The quantitative estimate of drug-likeness (QED) is 0.708. The zero-order chi connectivity index (χ0) is 21.0. The van der Waals surface area contributed by atoms with Crippen molar-refractivity contribution in [1.29, 1.82) is 5.26 Å². The van der Waals surface area contributed by atoms with Crippen LogP contribution in [0, 0.1) is 11.3 Å². The van der Waals surface area contributed by atoms with Gasteiger partial charge in [0.1, 0.15) is 5.75 Å². The molecule has 0 radical (unpaired) electrons. The normalized spacial score (nSPS) is 11.0. The third-order valence-electron chi connectivity index (χ3n) is 4.10. The largest absolute Gasteiger partial charge is 0.497 e. The fourth-order valence-corrected chi connectivity index (χ4v) is 2.59. The van der Waals surface area contributed by atoms with Gasteiger partial charge in [-0.25, -0.2) is 4.68 Å². The molecule has 0 atom stereocenters. The van der Waals surface area contributed by atoms with E-state index in [-0.39, 0.29) is 6.54 Å². The second kappa shape index (κ2) is 8.06. The van der Waals surface area contributed by atoms with Crippen LogP contribution in [0.4, 0.5) is 13.2 Å². The summed E-state index contributed by atoms with van der Waals surface area (Å²) >= 11 is 0. The topological polar surface area (TPSA) is 79.9 Å². The number of nitrogens with zero attached hydrogens (tertiary/aromatic N) is 3. The number of ether oxygens (including phenoxy) is 1. The molecule has 1 heterocycles. The molecule has 0 saturated heterocycles. The van der Waals surface area contributed by atoms with Crippen LogP contribution in [0.1, 0.15) is 27.2 Å². The molecule has 0 unspecified atom stereocenters. The lowest BCUT2D eigenvalue weighted by atomic mass is 10.1. The second-order valence-electron chi connectivity index (χ2n) is 6.02. The van der Waals surface area contributed by atoms with Crippen LogP contribution >= 0.6 is 0 Å². The molecule has 0 bridgehead atoms. The first-order valence-corrected chi connectivity index (χ1v) is 8.40. The highest BCUT2D eigenvalue weighted by Gasteiger charge is 2.39. The number of nitrogens with one attached hydrogen (secondary N) is 1. The molecule has 1 N–H and O–H groups in total. The molecular weight excluding hydrogens is 385 g/mol. The molecule has 0 fully saturated rings. The Morgan fingerprint density at radius 3 is 2.38 bits per heavy atom. The highest BCUT2D eigenvalue weighted by Crippen LogP contribution is 2.31. The molecule has 0 spiro atoms. The summed E-state index contributed by atoms with van der Waals surface area (Å²) < 4.78 is 46.2. The van der Waals surface area contributed by atoms with Gasteiger partial charge in [0.05, 0.1) is 30.0 Å². The fraction of sp³-hybridized carbons (Fsp3) is 0.150. The lowest BCUT2D eigenvalue weighted by Crippen LogP contribution is -2.25. The molecule has 9 heteroatoms. The molecule has 3 rings (SSSR count). The van der Waals surface area contributed by atoms with Gasteiger partial charge in [-0.3, -0.25) is 4.79 Å². The standard InChI is InChI=1S/C20H15F3N4O2/c1-29-16-8-6-15(7-9-16)27-12-17(18(26-27)20(21,22)23)19(28)25-11-14-4-2-13(10-24)3-5-14/h2-9,12H,11H2,1H3,(H,25,28). The zero-order valence-corrected chi connectivity index (χ0v) is 15.2. The van der Waals surface area contributed by atoms with Gasteiger partial charge in [-0.15, -0.1) is 0 Å². The lowest BCUT2D eigenvalue weighted by molar-refractivity contribution is -0.141. The monoisotopic (exact) mass is 400 g/mol. The maximum atomic E-state index is 13.4. The zero-order valence-electron chi connectivity index (χ0n) is 15.2. The van der Waals surface area contributed by atoms with Crippen molar-refractivity contribution in [3.05, 3.63) is 77.1 Å². The molecule has 0 aliphatic rings. The summed E-state index contributed by atoms with van der Waals surface area (Å²) in [6.07, 6.45) is -3.75. The average molecular weight is 400 g/mol. The number of alkyl halides is 3. The van der Waals surface area contributed by atoms with Gasteiger partial charge in [-0.1, -0.05) is 12.1 Å². The van der Waals surface area contributed by atoms with Crippen LogP contribution in [0.2, 0.25) is 0 Å². The first-order chi connectivity index (χ1) is 13.8. The van der Waals surface area contributed by atoms with Crippen molar-refractivity contribution in [2.24, 2.45) is 0 Å². The number of methoxy groups -OCH3 is 1. The van der Waals surface area contributed by atoms with E-state index in [0.29, 0.717) is 22.6 Å². The Labute approximate surface area is 164 Å². The van der Waals surface area contributed by atoms with Gasteiger partial charge >= 0.3 is 6.18 Å². The number of halogens is 3. The summed E-state index contributed by atoms with van der Waals surface area (Å²) in [4.78, 5) is 12.4. The van der Waals surface area contributed by atoms with Crippen LogP contribution in [0.15, 0.2) is 54.7 Å². The van der Waals surface area contributed by atoms with Crippen molar-refractivity contribution in [2.75, 3.05) is 7.11 Å². The number of amides is 1. The van der Waals surface area contributed by atoms with Gasteiger partial charge in [0, 0.05) is 12.7 Å². The minimum atomic E-state index is -4.79. The molecule has 0 saturated carbocycles. The SMILES string of the molecule is COc1ccc(-n2cc(C(=O)NCc3ccc(C#N)cc3)c(C(F)(F)F)n2)cc1. The number of aromatic nitrogens is 2. The molecule has 0 aliphatic carbocycles. The maximum Gasteiger partial charge on any atom is 0.435 e. The Kier molecular flexibility index (Phi) is 5.54. The van der Waals surface area contributed by atoms with Crippen molar-refractivity contribution >= 4 is 5.91 Å². The van der Waals surface area contributed by atoms with Gasteiger partial charge in [0.2, 0.25) is 0 Å². The van der Waals surface area contributed by atoms with Gasteiger partial charge < -0.3 is 10.1 Å². The van der Waals surface area contributed by atoms with Crippen LogP contribution in [-0.4, -0.2) is 22.8 Å². The highest BCUT2D eigenvalue weighted by molar-refractivity contribution is 5.95. The van der Waals surface area contributed by atoms with E-state index in [1.54, 1.807) is 36.4 Å². The van der Waals surface area contributed by atoms with Crippen molar-refractivity contribution in [2.45, 2.75) is 12.7 Å². The lowest BCUT2D eigenvalue weighted by Gasteiger charge is -2.07. The first-order valence-electron chi connectivity index (χ1n) is 8.40. The Morgan fingerprint density at radius 2 is 1.83 bits per heavy atom. The van der Waals surface area contributed by atoms with Gasteiger partial charge in [0.15, 0.2) is 5.69 Å². The molecule has 3 aromatic rings. The highest BCUT2D eigenvalue weighted by atomic mass is 19.4. The molecule has 1 aromatic heterocycles. The van der Waals surface area contributed by atoms with Crippen LogP contribution in [0.3, 0.4) is 0 Å². The minimum Gasteiger partial charge on any atom is -0.497 e. The van der Waals surface area contributed by atoms with Gasteiger partial charge in [-0.05, 0) is 42.0 Å². The first kappa shape index (κ1) is 19.9. The summed E-state index contributed by atoms with van der Waals surface area (Å²) in [5.41, 5.74) is -0.413. The van der Waals surface area contributed by atoms with E-state index in [1.165, 1.54) is 19.2 Å². The number of hydrogen-bond acceptors (Lipinski definition) is 4. The molecule has 29 heavy (non-hydrogen) atoms. The molecule has 148 valence electrons. The molecular formula is C20H15F3N4O2. The number of nitriles is 1. The fourth-order valence-electron chi connectivity index (χ4n) is 2.59. The minimum absolute atomic E-state index is 0.00948. The third-order valence-corrected chi connectivity index (χ3v) is 4.10. The van der Waals surface area contributed by atoms with E-state index in [2.05, 4.69) is 10.4 Å². The number of carbonyl (C=O) groups is 1. The van der Waals surface area contributed by atoms with Crippen LogP contribution < -0.4 is 10.1 Å². The summed E-state index contributed by atoms with van der Waals surface area (Å²) in [5, 5.41) is 14.8. The van der Waals surface area contributed by atoms with Crippen molar-refractivity contribution in [3.63, 3.8) is 0 Å². The molecule has 6 nitrogen and oxygen atoms in total. The molecule has 0 aliphatic heterocycles. The van der Waals surface area contributed by atoms with E-state index in [1.807, 2.05) is 6.07 Å². The van der Waals surface area contributed by atoms with E-state index < -0.39 is 23.3 Å². The smallest absolute Gasteiger partial charge is 0.435 e. The van der Waals surface area contributed by atoms with Gasteiger partial charge in [0.25, 0.3) is 5.91 Å². The Morgan fingerprint density at radius 1 is 1.17 bits per heavy atom. The Hall–Kier alpha value is -3.80. The number of benzene rings is 2. The predicted molar refractivity (Wildman–Crippen MR) is 97.4 cm³/mol. The summed E-state index contributed by atoms with van der Waals surface area (Å²) in [6.45, 7) is 0.00948.